The van der Waals surface area contributed by atoms with Crippen molar-refractivity contribution >= 4 is 0 Å². The van der Waals surface area contributed by atoms with E-state index in [1.165, 1.54) is 51.4 Å². The van der Waals surface area contributed by atoms with Crippen molar-refractivity contribution in [3.63, 3.8) is 0 Å². The number of hydrogen-bond acceptors (Lipinski definition) is 5. The van der Waals surface area contributed by atoms with Crippen LogP contribution in [0.3, 0.4) is 0 Å². The van der Waals surface area contributed by atoms with Gasteiger partial charge >= 0.3 is 0 Å². The molecule has 0 aromatic carbocycles. The van der Waals surface area contributed by atoms with Crippen molar-refractivity contribution in [3.8, 4) is 0 Å². The Labute approximate surface area is 153 Å². The zero-order chi connectivity index (χ0) is 18.3. The van der Waals surface area contributed by atoms with E-state index in [0.717, 1.165) is 12.8 Å². The lowest BCUT2D eigenvalue weighted by molar-refractivity contribution is -0.0730. The van der Waals surface area contributed by atoms with E-state index in [-0.39, 0.29) is 6.61 Å². The molecule has 1 aliphatic heterocycles. The Bertz CT molecular complexity index is 334. The molecule has 0 aromatic heterocycles. The zero-order valence-electron chi connectivity index (χ0n) is 15.8. The number of allylic oxidation sites excluding steroid dienone is 2. The first-order valence-corrected chi connectivity index (χ1v) is 10.1. The van der Waals surface area contributed by atoms with E-state index >= 15 is 0 Å². The first kappa shape index (κ1) is 22.6. The molecule has 3 N–H and O–H groups in total. The van der Waals surface area contributed by atoms with Gasteiger partial charge in [0, 0.05) is 6.61 Å². The van der Waals surface area contributed by atoms with Crippen LogP contribution in [-0.4, -0.2) is 59.6 Å². The Balaban J connectivity index is 1.91. The van der Waals surface area contributed by atoms with Crippen LogP contribution in [0.25, 0.3) is 0 Å². The van der Waals surface area contributed by atoms with Crippen LogP contribution in [-0.2, 0) is 9.47 Å². The third kappa shape index (κ3) is 9.71. The highest BCUT2D eigenvalue weighted by Gasteiger charge is 2.40. The minimum absolute atomic E-state index is 0.271. The first-order chi connectivity index (χ1) is 12.2. The Morgan fingerprint density at radius 2 is 1.68 bits per heavy atom. The summed E-state index contributed by atoms with van der Waals surface area (Å²) < 4.78 is 11.0. The van der Waals surface area contributed by atoms with Crippen LogP contribution < -0.4 is 0 Å². The second-order valence-corrected chi connectivity index (χ2v) is 6.97. The van der Waals surface area contributed by atoms with Crippen molar-refractivity contribution in [2.45, 2.75) is 95.5 Å². The fourth-order valence-electron chi connectivity index (χ4n) is 3.08. The van der Waals surface area contributed by atoms with Crippen LogP contribution in [0.1, 0.15) is 71.1 Å². The molecule has 1 aliphatic rings. The molecule has 4 atom stereocenters. The van der Waals surface area contributed by atoms with E-state index in [9.17, 15) is 10.2 Å². The smallest absolute Gasteiger partial charge is 0.114 e. The third-order valence-corrected chi connectivity index (χ3v) is 4.72. The van der Waals surface area contributed by atoms with Gasteiger partial charge in [0.05, 0.1) is 13.2 Å². The van der Waals surface area contributed by atoms with Crippen LogP contribution in [0, 0.1) is 0 Å². The van der Waals surface area contributed by atoms with Crippen LogP contribution in [0.4, 0.5) is 0 Å². The highest BCUT2D eigenvalue weighted by Crippen LogP contribution is 2.20. The normalized spacial score (nSPS) is 25.0. The molecule has 0 aromatic rings. The highest BCUT2D eigenvalue weighted by atomic mass is 16.6. The predicted octanol–water partition coefficient (Wildman–Crippen LogP) is 2.96. The van der Waals surface area contributed by atoms with E-state index in [1.807, 2.05) is 0 Å². The van der Waals surface area contributed by atoms with E-state index in [2.05, 4.69) is 19.1 Å². The summed E-state index contributed by atoms with van der Waals surface area (Å²) in [6.07, 6.45) is 13.7. The van der Waals surface area contributed by atoms with Gasteiger partial charge in [0.2, 0.25) is 0 Å². The molecule has 0 spiro atoms. The fourth-order valence-corrected chi connectivity index (χ4v) is 3.08. The van der Waals surface area contributed by atoms with Crippen LogP contribution >= 0.6 is 0 Å². The van der Waals surface area contributed by atoms with Crippen LogP contribution in [0.15, 0.2) is 12.2 Å². The number of rotatable bonds is 15. The van der Waals surface area contributed by atoms with Crippen molar-refractivity contribution in [3.05, 3.63) is 12.2 Å². The number of unbranched alkanes of at least 4 members (excludes halogenated alkanes) is 8. The maximum atomic E-state index is 10.0. The molecule has 0 saturated carbocycles. The Kier molecular flexibility index (Phi) is 13.3. The van der Waals surface area contributed by atoms with Gasteiger partial charge in [-0.1, -0.05) is 51.2 Å². The summed E-state index contributed by atoms with van der Waals surface area (Å²) in [5.41, 5.74) is 0. The summed E-state index contributed by atoms with van der Waals surface area (Å²) in [6.45, 7) is 2.69. The second-order valence-electron chi connectivity index (χ2n) is 6.97. The SMILES string of the molecule is CCCCC/C=C/CCCCCCCO[C@H]1CO[C@@H]([C@H](O)CO)[C@H]1O. The lowest BCUT2D eigenvalue weighted by Crippen LogP contribution is -2.41. The standard InChI is InChI=1S/C20H38O5/c1-2-3-4-5-6-7-8-9-10-11-12-13-14-24-18-16-25-20(19(18)23)17(22)15-21/h6-7,17-23H,2-5,8-16H2,1H3/b7-6+/t17-,18+,19+,20+/m1/s1. The number of aliphatic hydroxyl groups excluding tert-OH is 3. The maximum Gasteiger partial charge on any atom is 0.114 e. The molecule has 5 heteroatoms. The highest BCUT2D eigenvalue weighted by molar-refractivity contribution is 4.88. The zero-order valence-corrected chi connectivity index (χ0v) is 15.8. The Morgan fingerprint density at radius 3 is 2.36 bits per heavy atom. The van der Waals surface area contributed by atoms with E-state index in [1.54, 1.807) is 0 Å². The quantitative estimate of drug-likeness (QED) is 0.310. The maximum absolute atomic E-state index is 10.0. The van der Waals surface area contributed by atoms with Gasteiger partial charge in [0.25, 0.3) is 0 Å². The predicted molar refractivity (Wildman–Crippen MR) is 99.6 cm³/mol. The summed E-state index contributed by atoms with van der Waals surface area (Å²) in [5, 5.41) is 28.5. The lowest BCUT2D eigenvalue weighted by Gasteiger charge is -2.20. The number of hydrogen-bond donors (Lipinski definition) is 3. The topological polar surface area (TPSA) is 79.2 Å². The average Bonchev–Trinajstić information content (AvgIpc) is 2.99. The molecule has 0 amide bonds. The van der Waals surface area contributed by atoms with Gasteiger partial charge in [-0.3, -0.25) is 0 Å². The van der Waals surface area contributed by atoms with Gasteiger partial charge in [0.1, 0.15) is 24.4 Å². The average molecular weight is 359 g/mol. The van der Waals surface area contributed by atoms with Crippen molar-refractivity contribution < 1.29 is 24.8 Å². The minimum Gasteiger partial charge on any atom is -0.394 e. The van der Waals surface area contributed by atoms with Crippen molar-refractivity contribution in [1.82, 2.24) is 0 Å². The Hall–Kier alpha value is -0.460. The summed E-state index contributed by atoms with van der Waals surface area (Å²) >= 11 is 0. The lowest BCUT2D eigenvalue weighted by atomic mass is 10.1. The monoisotopic (exact) mass is 358 g/mol. The number of aliphatic hydroxyl groups is 3. The van der Waals surface area contributed by atoms with Gasteiger partial charge in [-0.2, -0.15) is 0 Å². The van der Waals surface area contributed by atoms with Gasteiger partial charge in [-0.15, -0.1) is 0 Å². The second kappa shape index (κ2) is 14.7. The molecule has 1 saturated heterocycles. The third-order valence-electron chi connectivity index (χ3n) is 4.72. The molecular weight excluding hydrogens is 320 g/mol. The molecular formula is C20H38O5. The van der Waals surface area contributed by atoms with Gasteiger partial charge < -0.3 is 24.8 Å². The molecule has 1 rings (SSSR count). The molecule has 25 heavy (non-hydrogen) atoms. The molecule has 0 aliphatic carbocycles. The van der Waals surface area contributed by atoms with Crippen LogP contribution in [0.5, 0.6) is 0 Å². The summed E-state index contributed by atoms with van der Waals surface area (Å²) in [6, 6.07) is 0. The van der Waals surface area contributed by atoms with Gasteiger partial charge in [-0.05, 0) is 32.1 Å². The fraction of sp³-hybridized carbons (Fsp3) is 0.900. The van der Waals surface area contributed by atoms with Gasteiger partial charge in [0.15, 0.2) is 0 Å². The summed E-state index contributed by atoms with van der Waals surface area (Å²) in [7, 11) is 0. The summed E-state index contributed by atoms with van der Waals surface area (Å²) in [4.78, 5) is 0. The van der Waals surface area contributed by atoms with Crippen molar-refractivity contribution in [2.24, 2.45) is 0 Å². The molecule has 5 nitrogen and oxygen atoms in total. The Morgan fingerprint density at radius 1 is 1.04 bits per heavy atom. The molecule has 1 heterocycles. The molecule has 0 bridgehead atoms. The van der Waals surface area contributed by atoms with Crippen LogP contribution in [0.2, 0.25) is 0 Å². The number of ether oxygens (including phenoxy) is 2. The molecule has 0 unspecified atom stereocenters. The van der Waals surface area contributed by atoms with Crippen molar-refractivity contribution in [2.75, 3.05) is 19.8 Å². The van der Waals surface area contributed by atoms with Crippen molar-refractivity contribution in [1.29, 1.82) is 0 Å². The molecule has 0 radical (unpaired) electrons. The summed E-state index contributed by atoms with van der Waals surface area (Å²) in [5.74, 6) is 0. The molecule has 1 fully saturated rings. The first-order valence-electron chi connectivity index (χ1n) is 10.1. The van der Waals surface area contributed by atoms with E-state index < -0.39 is 31.0 Å². The minimum atomic E-state index is -1.05. The largest absolute Gasteiger partial charge is 0.394 e. The van der Waals surface area contributed by atoms with E-state index in [0.29, 0.717) is 6.61 Å². The van der Waals surface area contributed by atoms with Gasteiger partial charge in [-0.25, -0.2) is 0 Å². The molecule has 148 valence electrons. The van der Waals surface area contributed by atoms with E-state index in [4.69, 9.17) is 14.6 Å².